The van der Waals surface area contributed by atoms with Crippen molar-refractivity contribution in [1.82, 2.24) is 5.32 Å². The minimum atomic E-state index is -4.51. The van der Waals surface area contributed by atoms with E-state index in [1.54, 1.807) is 18.2 Å². The van der Waals surface area contributed by atoms with Crippen molar-refractivity contribution in [1.29, 1.82) is 0 Å². The number of nitrogens with one attached hydrogen (secondary N) is 1. The maximum Gasteiger partial charge on any atom is 0.416 e. The molecule has 1 aromatic heterocycles. The van der Waals surface area contributed by atoms with Gasteiger partial charge >= 0.3 is 6.18 Å². The second kappa shape index (κ2) is 8.16. The minimum absolute atomic E-state index is 0.0259. The summed E-state index contributed by atoms with van der Waals surface area (Å²) in [5, 5.41) is 11.9. The first-order chi connectivity index (χ1) is 14.7. The molecule has 1 aliphatic rings. The molecule has 2 heterocycles. The maximum absolute atomic E-state index is 13.0. The summed E-state index contributed by atoms with van der Waals surface area (Å²) in [6, 6.07) is 12.2. The fourth-order valence-corrected chi connectivity index (χ4v) is 3.73. The second-order valence-electron chi connectivity index (χ2n) is 6.40. The topological polar surface area (TPSA) is 74.8 Å². The van der Waals surface area contributed by atoms with Crippen molar-refractivity contribution in [3.63, 3.8) is 0 Å². The third-order valence-corrected chi connectivity index (χ3v) is 5.33. The van der Waals surface area contributed by atoms with Gasteiger partial charge in [-0.15, -0.1) is 0 Å². The van der Waals surface area contributed by atoms with Crippen LogP contribution in [0.1, 0.15) is 11.3 Å². The number of amides is 1. The number of aliphatic imine (C=N–C) groups is 1. The smallest absolute Gasteiger partial charge is 0.416 e. The zero-order chi connectivity index (χ0) is 22.2. The highest BCUT2D eigenvalue weighted by Crippen LogP contribution is 2.37. The van der Waals surface area contributed by atoms with Crippen LogP contribution in [0.3, 0.4) is 0 Å². The Labute approximate surface area is 183 Å². The molecule has 10 heteroatoms. The zero-order valence-corrected chi connectivity index (χ0v) is 17.0. The van der Waals surface area contributed by atoms with Crippen molar-refractivity contribution >= 4 is 46.2 Å². The molecule has 5 nitrogen and oxygen atoms in total. The molecular formula is C21H12ClF3N2O3S. The Kier molecular flexibility index (Phi) is 5.55. The molecule has 2 N–H and O–H groups in total. The summed E-state index contributed by atoms with van der Waals surface area (Å²) < 4.78 is 44.7. The van der Waals surface area contributed by atoms with E-state index >= 15 is 0 Å². The highest BCUT2D eigenvalue weighted by molar-refractivity contribution is 8.18. The van der Waals surface area contributed by atoms with Crippen LogP contribution in [-0.2, 0) is 6.18 Å². The molecular weight excluding hydrogens is 453 g/mol. The number of furan rings is 1. The Hall–Kier alpha value is -3.17. The average Bonchev–Trinajstić information content (AvgIpc) is 3.28. The van der Waals surface area contributed by atoms with Crippen LogP contribution in [0, 0.1) is 0 Å². The van der Waals surface area contributed by atoms with E-state index in [1.165, 1.54) is 24.3 Å². The average molecular weight is 465 g/mol. The molecule has 1 amide bonds. The van der Waals surface area contributed by atoms with Crippen molar-refractivity contribution in [3.8, 4) is 17.1 Å². The van der Waals surface area contributed by atoms with E-state index in [9.17, 15) is 23.1 Å². The molecule has 0 aliphatic carbocycles. The lowest BCUT2D eigenvalue weighted by atomic mass is 10.1. The number of rotatable bonds is 3. The third kappa shape index (κ3) is 4.78. The molecule has 3 aromatic rings. The Bertz CT molecular complexity index is 1230. The molecule has 0 spiro atoms. The van der Waals surface area contributed by atoms with E-state index in [1.807, 2.05) is 0 Å². The van der Waals surface area contributed by atoms with E-state index in [0.717, 1.165) is 30.0 Å². The van der Waals surface area contributed by atoms with Crippen LogP contribution in [0.25, 0.3) is 17.4 Å². The van der Waals surface area contributed by atoms with Crippen LogP contribution >= 0.6 is 23.4 Å². The van der Waals surface area contributed by atoms with Crippen molar-refractivity contribution in [2.75, 3.05) is 0 Å². The normalized spacial score (nSPS) is 16.8. The standard InChI is InChI=1S/C21H12ClF3N2O3S/c22-16-6-4-11(21(23,24)25)8-15(16)17-7-5-14(30-17)10-18-19(27-20(29)31-18)26-12-2-1-3-13(28)9-12/h1-10,28H,(H,26,27,29). The molecule has 4 rings (SSSR count). The molecule has 158 valence electrons. The first-order valence-electron chi connectivity index (χ1n) is 8.74. The monoisotopic (exact) mass is 464 g/mol. The number of hydrogen-bond acceptors (Lipinski definition) is 5. The van der Waals surface area contributed by atoms with Crippen molar-refractivity contribution in [2.24, 2.45) is 4.99 Å². The predicted octanol–water partition coefficient (Wildman–Crippen LogP) is 6.85. The maximum atomic E-state index is 13.0. The minimum Gasteiger partial charge on any atom is -0.508 e. The summed E-state index contributed by atoms with van der Waals surface area (Å²) >= 11 is 6.95. The van der Waals surface area contributed by atoms with Crippen molar-refractivity contribution < 1.29 is 27.5 Å². The van der Waals surface area contributed by atoms with E-state index < -0.39 is 11.7 Å². The third-order valence-electron chi connectivity index (χ3n) is 4.19. The van der Waals surface area contributed by atoms with Gasteiger partial charge in [-0.1, -0.05) is 17.7 Å². The molecule has 1 saturated heterocycles. The van der Waals surface area contributed by atoms with Crippen LogP contribution < -0.4 is 5.32 Å². The van der Waals surface area contributed by atoms with E-state index in [2.05, 4.69) is 10.3 Å². The molecule has 31 heavy (non-hydrogen) atoms. The van der Waals surface area contributed by atoms with Gasteiger partial charge in [-0.3, -0.25) is 4.79 Å². The highest BCUT2D eigenvalue weighted by atomic mass is 35.5. The molecule has 0 radical (unpaired) electrons. The predicted molar refractivity (Wildman–Crippen MR) is 113 cm³/mol. The van der Waals surface area contributed by atoms with E-state index in [-0.39, 0.29) is 33.2 Å². The van der Waals surface area contributed by atoms with Gasteiger partial charge in [-0.2, -0.15) is 13.2 Å². The molecule has 1 aliphatic heterocycles. The van der Waals surface area contributed by atoms with Gasteiger partial charge in [0.25, 0.3) is 5.24 Å². The first kappa shape index (κ1) is 21.1. The van der Waals surface area contributed by atoms with Gasteiger partial charge in [0.15, 0.2) is 0 Å². The van der Waals surface area contributed by atoms with Gasteiger partial charge in [0.2, 0.25) is 0 Å². The zero-order valence-electron chi connectivity index (χ0n) is 15.4. The van der Waals surface area contributed by atoms with Crippen molar-refractivity contribution in [2.45, 2.75) is 6.18 Å². The molecule has 0 bridgehead atoms. The van der Waals surface area contributed by atoms with Crippen LogP contribution in [0.15, 0.2) is 68.9 Å². The number of amidine groups is 1. The van der Waals surface area contributed by atoms with Crippen LogP contribution in [-0.4, -0.2) is 16.2 Å². The first-order valence-corrected chi connectivity index (χ1v) is 9.94. The van der Waals surface area contributed by atoms with Crippen LogP contribution in [0.4, 0.5) is 23.7 Å². The number of carbonyl (C=O) groups excluding carboxylic acids is 1. The van der Waals surface area contributed by atoms with E-state index in [0.29, 0.717) is 16.4 Å². The summed E-state index contributed by atoms with van der Waals surface area (Å²) in [6.45, 7) is 0. The Morgan fingerprint density at radius 2 is 1.94 bits per heavy atom. The van der Waals surface area contributed by atoms with Gasteiger partial charge in [-0.05, 0) is 60.3 Å². The number of phenols is 1. The number of carbonyl (C=O) groups is 1. The fraction of sp³-hybridized carbons (Fsp3) is 0.0476. The van der Waals surface area contributed by atoms with Gasteiger partial charge in [0, 0.05) is 11.6 Å². The quantitative estimate of drug-likeness (QED) is 0.444. The largest absolute Gasteiger partial charge is 0.508 e. The number of hydrogen-bond donors (Lipinski definition) is 2. The molecule has 0 unspecified atom stereocenters. The van der Waals surface area contributed by atoms with Crippen molar-refractivity contribution in [3.05, 3.63) is 75.8 Å². The SMILES string of the molecule is O=C1NC(=Nc2cccc(O)c2)C(=Cc2ccc(-c3cc(C(F)(F)F)ccc3Cl)o2)S1. The van der Waals surface area contributed by atoms with E-state index in [4.69, 9.17) is 16.0 Å². The number of aromatic hydroxyl groups is 1. The number of benzene rings is 2. The highest BCUT2D eigenvalue weighted by Gasteiger charge is 2.31. The summed E-state index contributed by atoms with van der Waals surface area (Å²) in [6.07, 6.45) is -2.98. The summed E-state index contributed by atoms with van der Waals surface area (Å²) in [5.41, 5.74) is -0.312. The fourth-order valence-electron chi connectivity index (χ4n) is 2.80. The Morgan fingerprint density at radius 1 is 1.13 bits per heavy atom. The number of halogens is 4. The Morgan fingerprint density at radius 3 is 2.68 bits per heavy atom. The molecule has 1 fully saturated rings. The summed E-state index contributed by atoms with van der Waals surface area (Å²) in [7, 11) is 0. The van der Waals surface area contributed by atoms with Gasteiger partial charge in [-0.25, -0.2) is 4.99 Å². The molecule has 2 aromatic carbocycles. The number of alkyl halides is 3. The van der Waals surface area contributed by atoms with Crippen LogP contribution in [0.5, 0.6) is 5.75 Å². The number of nitrogens with zero attached hydrogens (tertiary/aromatic N) is 1. The molecule has 0 atom stereocenters. The van der Waals surface area contributed by atoms with Gasteiger partial charge in [0.05, 0.1) is 21.2 Å². The lowest BCUT2D eigenvalue weighted by Crippen LogP contribution is -2.18. The lowest BCUT2D eigenvalue weighted by molar-refractivity contribution is -0.137. The number of phenolic OH excluding ortho intramolecular Hbond substituents is 1. The Balaban J connectivity index is 1.67. The van der Waals surface area contributed by atoms with Gasteiger partial charge < -0.3 is 14.8 Å². The summed E-state index contributed by atoms with van der Waals surface area (Å²) in [5.74, 6) is 0.733. The second-order valence-corrected chi connectivity index (χ2v) is 7.82. The number of thioether (sulfide) groups is 1. The summed E-state index contributed by atoms with van der Waals surface area (Å²) in [4.78, 5) is 16.6. The van der Waals surface area contributed by atoms with Crippen LogP contribution in [0.2, 0.25) is 5.02 Å². The molecule has 0 saturated carbocycles. The van der Waals surface area contributed by atoms with Gasteiger partial charge in [0.1, 0.15) is 23.1 Å². The lowest BCUT2D eigenvalue weighted by Gasteiger charge is -2.09.